The molecule has 7 heteroatoms. The number of hydrogen-bond acceptors (Lipinski definition) is 5. The Morgan fingerprint density at radius 3 is 2.28 bits per heavy atom. The molecule has 0 radical (unpaired) electrons. The van der Waals surface area contributed by atoms with Gasteiger partial charge in [0, 0.05) is 36.9 Å². The van der Waals surface area contributed by atoms with Crippen molar-refractivity contribution in [3.63, 3.8) is 0 Å². The Morgan fingerprint density at radius 1 is 0.931 bits per heavy atom. The lowest BCUT2D eigenvalue weighted by Gasteiger charge is -2.20. The van der Waals surface area contributed by atoms with Gasteiger partial charge >= 0.3 is 0 Å². The van der Waals surface area contributed by atoms with Crippen LogP contribution in [0.25, 0.3) is 11.3 Å². The van der Waals surface area contributed by atoms with Crippen molar-refractivity contribution < 1.29 is 4.39 Å². The van der Waals surface area contributed by atoms with E-state index in [0.29, 0.717) is 5.95 Å². The molecule has 0 unspecified atom stereocenters. The molecule has 0 spiro atoms. The topological polar surface area (TPSA) is 68.5 Å². The van der Waals surface area contributed by atoms with E-state index in [2.05, 4.69) is 20.4 Å². The van der Waals surface area contributed by atoms with Crippen LogP contribution >= 0.6 is 0 Å². The Kier molecular flexibility index (Phi) is 5.03. The van der Waals surface area contributed by atoms with Crippen LogP contribution in [0, 0.1) is 19.7 Å². The second kappa shape index (κ2) is 7.79. The van der Waals surface area contributed by atoms with Gasteiger partial charge in [0.2, 0.25) is 5.95 Å². The molecule has 0 aliphatic heterocycles. The molecule has 0 saturated carbocycles. The van der Waals surface area contributed by atoms with E-state index in [-0.39, 0.29) is 11.9 Å². The largest absolute Gasteiger partial charge is 0.343 e. The molecule has 0 fully saturated rings. The Hall–Kier alpha value is -3.61. The monoisotopic (exact) mass is 388 g/mol. The number of benzene rings is 1. The van der Waals surface area contributed by atoms with Gasteiger partial charge < -0.3 is 5.32 Å². The summed E-state index contributed by atoms with van der Waals surface area (Å²) in [6.07, 6.45) is 5.19. The Bertz CT molecular complexity index is 1120. The maximum Gasteiger partial charge on any atom is 0.223 e. The molecule has 1 N–H and O–H groups in total. The Balaban J connectivity index is 1.72. The first-order valence-corrected chi connectivity index (χ1v) is 9.28. The number of nitrogens with one attached hydrogen (secondary N) is 1. The highest BCUT2D eigenvalue weighted by Gasteiger charge is 2.18. The summed E-state index contributed by atoms with van der Waals surface area (Å²) in [5.74, 6) is 0.208. The van der Waals surface area contributed by atoms with Crippen LogP contribution < -0.4 is 5.32 Å². The maximum atomic E-state index is 13.4. The van der Waals surface area contributed by atoms with E-state index < -0.39 is 0 Å². The smallest absolute Gasteiger partial charge is 0.223 e. The molecule has 4 rings (SSSR count). The molecular weight excluding hydrogens is 367 g/mol. The van der Waals surface area contributed by atoms with E-state index in [9.17, 15) is 4.39 Å². The van der Waals surface area contributed by atoms with Crippen LogP contribution in [0.15, 0.2) is 61.1 Å². The highest BCUT2D eigenvalue weighted by atomic mass is 19.1. The number of rotatable bonds is 5. The third kappa shape index (κ3) is 3.85. The lowest BCUT2D eigenvalue weighted by Crippen LogP contribution is -2.14. The lowest BCUT2D eigenvalue weighted by atomic mass is 10.00. The fourth-order valence-electron chi connectivity index (χ4n) is 3.41. The van der Waals surface area contributed by atoms with Crippen LogP contribution in [0.3, 0.4) is 0 Å². The summed E-state index contributed by atoms with van der Waals surface area (Å²) in [4.78, 5) is 13.2. The van der Waals surface area contributed by atoms with Crippen LogP contribution in [0.4, 0.5) is 10.3 Å². The van der Waals surface area contributed by atoms with E-state index >= 15 is 0 Å². The SMILES string of the molecule is Cc1nn(C)c(C)c1-c1ccnc(N[C@@H](c2ccncc2)c2ccc(F)cc2)n1. The minimum Gasteiger partial charge on any atom is -0.343 e. The summed E-state index contributed by atoms with van der Waals surface area (Å²) < 4.78 is 15.3. The summed E-state index contributed by atoms with van der Waals surface area (Å²) in [5.41, 5.74) is 5.64. The van der Waals surface area contributed by atoms with Gasteiger partial charge in [-0.05, 0) is 55.3 Å². The van der Waals surface area contributed by atoms with Crippen LogP contribution in [-0.2, 0) is 7.05 Å². The van der Waals surface area contributed by atoms with Crippen LogP contribution in [0.1, 0.15) is 28.6 Å². The van der Waals surface area contributed by atoms with Crippen LogP contribution in [0.2, 0.25) is 0 Å². The normalized spacial score (nSPS) is 12.0. The number of halogens is 1. The minimum atomic E-state index is -0.275. The van der Waals surface area contributed by atoms with E-state index in [4.69, 9.17) is 4.98 Å². The number of nitrogens with zero attached hydrogens (tertiary/aromatic N) is 5. The third-order valence-corrected chi connectivity index (χ3v) is 4.94. The van der Waals surface area contributed by atoms with Crippen molar-refractivity contribution >= 4 is 5.95 Å². The Labute approximate surface area is 168 Å². The number of hydrogen-bond donors (Lipinski definition) is 1. The molecule has 6 nitrogen and oxygen atoms in total. The molecule has 0 bridgehead atoms. The van der Waals surface area contributed by atoms with Gasteiger partial charge in [-0.3, -0.25) is 9.67 Å². The van der Waals surface area contributed by atoms with Gasteiger partial charge in [-0.2, -0.15) is 5.10 Å². The third-order valence-electron chi connectivity index (χ3n) is 4.94. The Morgan fingerprint density at radius 2 is 1.62 bits per heavy atom. The zero-order chi connectivity index (χ0) is 20.4. The minimum absolute atomic E-state index is 0.245. The molecule has 1 atom stereocenters. The highest BCUT2D eigenvalue weighted by Crippen LogP contribution is 2.28. The summed E-state index contributed by atoms with van der Waals surface area (Å²) >= 11 is 0. The molecule has 3 aromatic heterocycles. The molecule has 3 heterocycles. The first-order chi connectivity index (χ1) is 14.0. The number of aryl methyl sites for hydroxylation is 2. The van der Waals surface area contributed by atoms with Gasteiger partial charge in [0.05, 0.1) is 17.4 Å². The fourth-order valence-corrected chi connectivity index (χ4v) is 3.41. The van der Waals surface area contributed by atoms with Gasteiger partial charge in [-0.15, -0.1) is 0 Å². The number of aromatic nitrogens is 5. The molecular formula is C22H21FN6. The predicted molar refractivity (Wildman–Crippen MR) is 110 cm³/mol. The van der Waals surface area contributed by atoms with Crippen molar-refractivity contribution in [2.24, 2.45) is 7.05 Å². The summed E-state index contributed by atoms with van der Waals surface area (Å²) in [7, 11) is 1.92. The van der Waals surface area contributed by atoms with Crippen molar-refractivity contribution in [1.29, 1.82) is 0 Å². The maximum absolute atomic E-state index is 13.4. The fraction of sp³-hybridized carbons (Fsp3) is 0.182. The van der Waals surface area contributed by atoms with E-state index in [1.165, 1.54) is 12.1 Å². The molecule has 0 amide bonds. The van der Waals surface area contributed by atoms with Gasteiger partial charge in [-0.1, -0.05) is 12.1 Å². The van der Waals surface area contributed by atoms with E-state index in [1.54, 1.807) is 30.7 Å². The second-order valence-electron chi connectivity index (χ2n) is 6.84. The van der Waals surface area contributed by atoms with Crippen molar-refractivity contribution in [2.75, 3.05) is 5.32 Å². The average Bonchev–Trinajstić information content (AvgIpc) is 2.99. The van der Waals surface area contributed by atoms with Gasteiger partial charge in [0.15, 0.2) is 0 Å². The average molecular weight is 388 g/mol. The zero-order valence-electron chi connectivity index (χ0n) is 16.5. The zero-order valence-corrected chi connectivity index (χ0v) is 16.5. The standard InChI is InChI=1S/C22H21FN6/c1-14-20(15(2)29(3)28-14)19-10-13-25-22(26-19)27-21(17-8-11-24-12-9-17)16-4-6-18(23)7-5-16/h4-13,21H,1-3H3,(H,25,26,27)/t21-/m1/s1. The summed E-state index contributed by atoms with van der Waals surface area (Å²) in [6.45, 7) is 3.98. The van der Waals surface area contributed by atoms with E-state index in [1.807, 2.05) is 43.8 Å². The van der Waals surface area contributed by atoms with Crippen molar-refractivity contribution in [3.05, 3.63) is 89.4 Å². The van der Waals surface area contributed by atoms with Gasteiger partial charge in [0.25, 0.3) is 0 Å². The molecule has 29 heavy (non-hydrogen) atoms. The number of anilines is 1. The van der Waals surface area contributed by atoms with Crippen LogP contribution in [-0.4, -0.2) is 24.7 Å². The van der Waals surface area contributed by atoms with E-state index in [0.717, 1.165) is 33.8 Å². The summed E-state index contributed by atoms with van der Waals surface area (Å²) in [6, 6.07) is 11.9. The molecule has 0 aliphatic carbocycles. The molecule has 146 valence electrons. The highest BCUT2D eigenvalue weighted by molar-refractivity contribution is 5.65. The van der Waals surface area contributed by atoms with Crippen molar-refractivity contribution in [1.82, 2.24) is 24.7 Å². The second-order valence-corrected chi connectivity index (χ2v) is 6.84. The first kappa shape index (κ1) is 18.7. The molecule has 1 aromatic carbocycles. The van der Waals surface area contributed by atoms with Gasteiger partial charge in [-0.25, -0.2) is 14.4 Å². The predicted octanol–water partition coefficient (Wildman–Crippen LogP) is 4.23. The van der Waals surface area contributed by atoms with Crippen molar-refractivity contribution in [2.45, 2.75) is 19.9 Å². The van der Waals surface area contributed by atoms with Crippen molar-refractivity contribution in [3.8, 4) is 11.3 Å². The van der Waals surface area contributed by atoms with Crippen LogP contribution in [0.5, 0.6) is 0 Å². The number of pyridine rings is 1. The first-order valence-electron chi connectivity index (χ1n) is 9.28. The van der Waals surface area contributed by atoms with Gasteiger partial charge in [0.1, 0.15) is 5.82 Å². The molecule has 0 saturated heterocycles. The molecule has 4 aromatic rings. The lowest BCUT2D eigenvalue weighted by molar-refractivity contribution is 0.626. The quantitative estimate of drug-likeness (QED) is 0.554. The molecule has 0 aliphatic rings. The summed E-state index contributed by atoms with van der Waals surface area (Å²) in [5, 5.41) is 7.86.